The molecule has 0 aromatic carbocycles. The van der Waals surface area contributed by atoms with Crippen LogP contribution in [0, 0.1) is 11.8 Å². The Morgan fingerprint density at radius 1 is 1.37 bits per heavy atom. The molecule has 0 bridgehead atoms. The third-order valence-electron chi connectivity index (χ3n) is 4.05. The molecule has 2 saturated heterocycles. The number of carbonyl (C=O) groups excluding carboxylic acids is 1. The quantitative estimate of drug-likeness (QED) is 0.822. The van der Waals surface area contributed by atoms with Crippen LogP contribution in [0.1, 0.15) is 26.2 Å². The van der Waals surface area contributed by atoms with Gasteiger partial charge in [-0.1, -0.05) is 6.92 Å². The molecular weight excluding hydrogens is 285 g/mol. The van der Waals surface area contributed by atoms with Crippen molar-refractivity contribution in [2.45, 2.75) is 26.2 Å². The van der Waals surface area contributed by atoms with E-state index in [2.05, 4.69) is 22.5 Å². The predicted octanol–water partition coefficient (Wildman–Crippen LogP) is 1.29. The summed E-state index contributed by atoms with van der Waals surface area (Å²) in [6.45, 7) is 8.48. The van der Waals surface area contributed by atoms with Gasteiger partial charge in [-0.15, -0.1) is 24.8 Å². The molecule has 4 nitrogen and oxygen atoms in total. The van der Waals surface area contributed by atoms with Crippen molar-refractivity contribution in [3.05, 3.63) is 0 Å². The topological polar surface area (TPSA) is 44.4 Å². The van der Waals surface area contributed by atoms with Crippen molar-refractivity contribution >= 4 is 30.7 Å². The summed E-state index contributed by atoms with van der Waals surface area (Å²) >= 11 is 0. The van der Waals surface area contributed by atoms with Gasteiger partial charge in [0.05, 0.1) is 5.92 Å². The van der Waals surface area contributed by atoms with Gasteiger partial charge in [0, 0.05) is 19.6 Å². The third kappa shape index (κ3) is 5.86. The maximum Gasteiger partial charge on any atom is 0.224 e. The molecule has 0 saturated carbocycles. The Labute approximate surface area is 128 Å². The van der Waals surface area contributed by atoms with Crippen LogP contribution < -0.4 is 10.6 Å². The van der Waals surface area contributed by atoms with Crippen LogP contribution in [0.5, 0.6) is 0 Å². The summed E-state index contributed by atoms with van der Waals surface area (Å²) < 4.78 is 0. The second-order valence-electron chi connectivity index (χ2n) is 5.34. The van der Waals surface area contributed by atoms with Crippen molar-refractivity contribution in [1.29, 1.82) is 0 Å². The Morgan fingerprint density at radius 3 is 2.74 bits per heavy atom. The van der Waals surface area contributed by atoms with E-state index in [1.807, 2.05) is 0 Å². The summed E-state index contributed by atoms with van der Waals surface area (Å²) in [6, 6.07) is 0. The van der Waals surface area contributed by atoms with Crippen LogP contribution in [0.4, 0.5) is 0 Å². The number of carbonyl (C=O) groups is 1. The Kier molecular flexibility index (Phi) is 9.79. The largest absolute Gasteiger partial charge is 0.355 e. The summed E-state index contributed by atoms with van der Waals surface area (Å²) in [7, 11) is 0. The number of piperidine rings is 1. The van der Waals surface area contributed by atoms with Gasteiger partial charge >= 0.3 is 0 Å². The monoisotopic (exact) mass is 311 g/mol. The Balaban J connectivity index is 0.00000162. The summed E-state index contributed by atoms with van der Waals surface area (Å²) in [6.07, 6.45) is 3.41. The molecule has 19 heavy (non-hydrogen) atoms. The average molecular weight is 312 g/mol. The second kappa shape index (κ2) is 9.81. The summed E-state index contributed by atoms with van der Waals surface area (Å²) in [5.41, 5.74) is 0. The summed E-state index contributed by atoms with van der Waals surface area (Å²) in [5, 5.41) is 6.42. The standard InChI is InChI=1S/C13H25N3O.2ClH/c1-2-16-7-5-11(10-16)8-15-13(17)12-4-3-6-14-9-12;;/h11-12,14H,2-10H2,1H3,(H,15,17);2*1H. The van der Waals surface area contributed by atoms with E-state index in [1.165, 1.54) is 13.0 Å². The molecule has 6 heteroatoms. The van der Waals surface area contributed by atoms with Crippen molar-refractivity contribution in [3.63, 3.8) is 0 Å². The minimum Gasteiger partial charge on any atom is -0.355 e. The first-order chi connectivity index (χ1) is 8.29. The van der Waals surface area contributed by atoms with E-state index < -0.39 is 0 Å². The molecule has 0 radical (unpaired) electrons. The van der Waals surface area contributed by atoms with Gasteiger partial charge in [-0.05, 0) is 44.8 Å². The third-order valence-corrected chi connectivity index (χ3v) is 4.05. The fraction of sp³-hybridized carbons (Fsp3) is 0.923. The highest BCUT2D eigenvalue weighted by molar-refractivity contribution is 5.85. The van der Waals surface area contributed by atoms with E-state index >= 15 is 0 Å². The fourth-order valence-electron chi connectivity index (χ4n) is 2.83. The van der Waals surface area contributed by atoms with E-state index in [0.29, 0.717) is 5.92 Å². The molecule has 114 valence electrons. The smallest absolute Gasteiger partial charge is 0.224 e. The lowest BCUT2D eigenvalue weighted by atomic mass is 9.98. The van der Waals surface area contributed by atoms with Crippen molar-refractivity contribution in [1.82, 2.24) is 15.5 Å². The van der Waals surface area contributed by atoms with E-state index in [9.17, 15) is 4.79 Å². The van der Waals surface area contributed by atoms with Crippen molar-refractivity contribution in [2.75, 3.05) is 39.3 Å². The second-order valence-corrected chi connectivity index (χ2v) is 5.34. The number of hydrogen-bond donors (Lipinski definition) is 2. The molecule has 2 unspecified atom stereocenters. The molecule has 2 rings (SSSR count). The molecule has 0 spiro atoms. The first-order valence-electron chi connectivity index (χ1n) is 7.00. The van der Waals surface area contributed by atoms with E-state index in [1.54, 1.807) is 0 Å². The lowest BCUT2D eigenvalue weighted by Gasteiger charge is -2.22. The molecule has 0 aromatic rings. The molecular formula is C13H27Cl2N3O. The number of nitrogens with one attached hydrogen (secondary N) is 2. The van der Waals surface area contributed by atoms with Crippen LogP contribution >= 0.6 is 24.8 Å². The lowest BCUT2D eigenvalue weighted by molar-refractivity contribution is -0.125. The minimum absolute atomic E-state index is 0. The lowest BCUT2D eigenvalue weighted by Crippen LogP contribution is -2.42. The molecule has 2 heterocycles. The molecule has 2 atom stereocenters. The first-order valence-corrected chi connectivity index (χ1v) is 7.00. The highest BCUT2D eigenvalue weighted by Gasteiger charge is 2.24. The maximum absolute atomic E-state index is 11.9. The number of nitrogens with zero attached hydrogens (tertiary/aromatic N) is 1. The predicted molar refractivity (Wildman–Crippen MR) is 83.3 cm³/mol. The number of hydrogen-bond acceptors (Lipinski definition) is 3. The number of amides is 1. The SMILES string of the molecule is CCN1CCC(CNC(=O)C2CCCNC2)C1.Cl.Cl. The zero-order valence-corrected chi connectivity index (χ0v) is 13.3. The van der Waals surface area contributed by atoms with Crippen LogP contribution in [-0.2, 0) is 4.79 Å². The van der Waals surface area contributed by atoms with Crippen LogP contribution in [0.3, 0.4) is 0 Å². The normalized spacial score (nSPS) is 27.2. The number of likely N-dealkylation sites (tertiary alicyclic amines) is 1. The number of rotatable bonds is 4. The Morgan fingerprint density at radius 2 is 2.16 bits per heavy atom. The van der Waals surface area contributed by atoms with Crippen LogP contribution in [0.25, 0.3) is 0 Å². The molecule has 0 aliphatic carbocycles. The zero-order valence-electron chi connectivity index (χ0n) is 11.7. The van der Waals surface area contributed by atoms with Gasteiger partial charge in [-0.3, -0.25) is 4.79 Å². The average Bonchev–Trinajstić information content (AvgIpc) is 2.85. The van der Waals surface area contributed by atoms with Crippen LogP contribution in [0.15, 0.2) is 0 Å². The van der Waals surface area contributed by atoms with Gasteiger partial charge in [0.1, 0.15) is 0 Å². The minimum atomic E-state index is 0. The van der Waals surface area contributed by atoms with Gasteiger partial charge < -0.3 is 15.5 Å². The molecule has 2 N–H and O–H groups in total. The maximum atomic E-state index is 11.9. The van der Waals surface area contributed by atoms with Crippen molar-refractivity contribution in [2.24, 2.45) is 11.8 Å². The van der Waals surface area contributed by atoms with Crippen molar-refractivity contribution in [3.8, 4) is 0 Å². The van der Waals surface area contributed by atoms with E-state index in [4.69, 9.17) is 0 Å². The van der Waals surface area contributed by atoms with Crippen molar-refractivity contribution < 1.29 is 4.79 Å². The highest BCUT2D eigenvalue weighted by atomic mass is 35.5. The molecule has 2 aliphatic heterocycles. The van der Waals surface area contributed by atoms with Crippen LogP contribution in [0.2, 0.25) is 0 Å². The summed E-state index contributed by atoms with van der Waals surface area (Å²) in [5.74, 6) is 1.12. The zero-order chi connectivity index (χ0) is 12.1. The van der Waals surface area contributed by atoms with Gasteiger partial charge in [0.2, 0.25) is 5.91 Å². The van der Waals surface area contributed by atoms with E-state index in [0.717, 1.165) is 45.6 Å². The Bertz CT molecular complexity index is 260. The van der Waals surface area contributed by atoms with Gasteiger partial charge in [-0.25, -0.2) is 0 Å². The van der Waals surface area contributed by atoms with Gasteiger partial charge in [0.25, 0.3) is 0 Å². The molecule has 2 fully saturated rings. The summed E-state index contributed by atoms with van der Waals surface area (Å²) in [4.78, 5) is 14.4. The van der Waals surface area contributed by atoms with Crippen LogP contribution in [-0.4, -0.2) is 50.1 Å². The highest BCUT2D eigenvalue weighted by Crippen LogP contribution is 2.15. The van der Waals surface area contributed by atoms with E-state index in [-0.39, 0.29) is 36.6 Å². The molecule has 1 amide bonds. The molecule has 2 aliphatic rings. The first kappa shape index (κ1) is 19.0. The fourth-order valence-corrected chi connectivity index (χ4v) is 2.83. The molecule has 0 aromatic heterocycles. The Hall–Kier alpha value is -0.0300. The van der Waals surface area contributed by atoms with Gasteiger partial charge in [0.15, 0.2) is 0 Å². The number of halogens is 2. The van der Waals surface area contributed by atoms with Gasteiger partial charge in [-0.2, -0.15) is 0 Å².